The lowest BCUT2D eigenvalue weighted by Crippen LogP contribution is -2.16. The van der Waals surface area contributed by atoms with Crippen LogP contribution in [0.5, 0.6) is 0 Å². The maximum absolute atomic E-state index is 13.1. The summed E-state index contributed by atoms with van der Waals surface area (Å²) < 4.78 is 36.3. The molecule has 0 saturated carbocycles. The summed E-state index contributed by atoms with van der Waals surface area (Å²) in [6.45, 7) is 1.48. The molecule has 0 atom stereocenters. The second kappa shape index (κ2) is 5.57. The van der Waals surface area contributed by atoms with Crippen molar-refractivity contribution in [1.29, 1.82) is 0 Å². The molecule has 0 saturated heterocycles. The summed E-state index contributed by atoms with van der Waals surface area (Å²) in [6, 6.07) is 4.25. The minimum atomic E-state index is -3.58. The van der Waals surface area contributed by atoms with E-state index in [1.165, 1.54) is 31.3 Å². The summed E-state index contributed by atoms with van der Waals surface area (Å²) in [5.41, 5.74) is 0.404. The molecule has 0 aliphatic rings. The van der Waals surface area contributed by atoms with Crippen molar-refractivity contribution in [2.45, 2.75) is 11.9 Å². The highest BCUT2D eigenvalue weighted by molar-refractivity contribution is 7.90. The molecule has 6 nitrogen and oxygen atoms in total. The molecule has 1 amide bonds. The van der Waals surface area contributed by atoms with E-state index in [-0.39, 0.29) is 21.8 Å². The third kappa shape index (κ3) is 3.40. The quantitative estimate of drug-likeness (QED) is 0.870. The van der Waals surface area contributed by atoms with Crippen molar-refractivity contribution < 1.29 is 17.6 Å². The largest absolute Gasteiger partial charge is 0.319 e. The van der Waals surface area contributed by atoms with Crippen molar-refractivity contribution in [2.75, 3.05) is 11.6 Å². The van der Waals surface area contributed by atoms with Crippen molar-refractivity contribution in [1.82, 2.24) is 9.97 Å². The first-order chi connectivity index (χ1) is 9.79. The van der Waals surface area contributed by atoms with Crippen molar-refractivity contribution >= 4 is 21.4 Å². The van der Waals surface area contributed by atoms with E-state index < -0.39 is 21.7 Å². The maximum Gasteiger partial charge on any atom is 0.257 e. The zero-order valence-corrected chi connectivity index (χ0v) is 12.1. The standard InChI is InChI=1S/C13H12FN3O3S/c1-8-6-9(7-16-11(8)14)12(18)17-10-4-3-5-15-13(10)21(2,19)20/h3-7H,1-2H3,(H,17,18). The summed E-state index contributed by atoms with van der Waals surface area (Å²) in [7, 11) is -3.58. The third-order valence-electron chi connectivity index (χ3n) is 2.65. The number of amides is 1. The molecule has 2 aromatic rings. The topological polar surface area (TPSA) is 89.0 Å². The first kappa shape index (κ1) is 15.0. The van der Waals surface area contributed by atoms with Gasteiger partial charge in [0.15, 0.2) is 14.9 Å². The van der Waals surface area contributed by atoms with E-state index in [4.69, 9.17) is 0 Å². The van der Waals surface area contributed by atoms with Gasteiger partial charge in [-0.05, 0) is 25.1 Å². The van der Waals surface area contributed by atoms with Crippen LogP contribution in [-0.4, -0.2) is 30.5 Å². The number of rotatable bonds is 3. The zero-order valence-electron chi connectivity index (χ0n) is 11.3. The van der Waals surface area contributed by atoms with Crippen LogP contribution in [0.2, 0.25) is 0 Å². The maximum atomic E-state index is 13.1. The van der Waals surface area contributed by atoms with E-state index in [0.29, 0.717) is 0 Å². The number of carbonyl (C=O) groups is 1. The Kier molecular flexibility index (Phi) is 3.99. The Hall–Kier alpha value is -2.35. The number of anilines is 1. The predicted octanol–water partition coefficient (Wildman–Crippen LogP) is 1.58. The fourth-order valence-electron chi connectivity index (χ4n) is 1.66. The van der Waals surface area contributed by atoms with Crippen LogP contribution in [0.25, 0.3) is 0 Å². The first-order valence-corrected chi connectivity index (χ1v) is 7.77. The summed E-state index contributed by atoms with van der Waals surface area (Å²) in [5.74, 6) is -1.26. The second-order valence-corrected chi connectivity index (χ2v) is 6.35. The summed E-state index contributed by atoms with van der Waals surface area (Å²) in [6.07, 6.45) is 3.39. The van der Waals surface area contributed by atoms with Crippen LogP contribution in [0.1, 0.15) is 15.9 Å². The Balaban J connectivity index is 2.34. The zero-order chi connectivity index (χ0) is 15.6. The van der Waals surface area contributed by atoms with Crippen LogP contribution >= 0.6 is 0 Å². The van der Waals surface area contributed by atoms with Crippen molar-refractivity contribution in [3.63, 3.8) is 0 Å². The fraction of sp³-hybridized carbons (Fsp3) is 0.154. The van der Waals surface area contributed by atoms with Crippen LogP contribution in [0.4, 0.5) is 10.1 Å². The Morgan fingerprint density at radius 1 is 1.33 bits per heavy atom. The van der Waals surface area contributed by atoms with Crippen LogP contribution in [0, 0.1) is 12.9 Å². The number of pyridine rings is 2. The van der Waals surface area contributed by atoms with Gasteiger partial charge in [0.25, 0.3) is 5.91 Å². The number of sulfone groups is 1. The lowest BCUT2D eigenvalue weighted by Gasteiger charge is -2.09. The molecule has 0 bridgehead atoms. The number of nitrogens with zero attached hydrogens (tertiary/aromatic N) is 2. The van der Waals surface area contributed by atoms with E-state index in [1.54, 1.807) is 0 Å². The summed E-state index contributed by atoms with van der Waals surface area (Å²) in [4.78, 5) is 19.3. The van der Waals surface area contributed by atoms with Gasteiger partial charge >= 0.3 is 0 Å². The molecule has 21 heavy (non-hydrogen) atoms. The van der Waals surface area contributed by atoms with Crippen LogP contribution in [0.15, 0.2) is 35.6 Å². The van der Waals surface area contributed by atoms with E-state index in [9.17, 15) is 17.6 Å². The molecule has 0 unspecified atom stereocenters. The number of aryl methyl sites for hydroxylation is 1. The predicted molar refractivity (Wildman–Crippen MR) is 74.2 cm³/mol. The number of hydrogen-bond donors (Lipinski definition) is 1. The molecule has 2 heterocycles. The first-order valence-electron chi connectivity index (χ1n) is 5.87. The van der Waals surface area contributed by atoms with Gasteiger partial charge in [-0.25, -0.2) is 18.4 Å². The number of carbonyl (C=O) groups excluding carboxylic acids is 1. The lowest BCUT2D eigenvalue weighted by molar-refractivity contribution is 0.102. The monoisotopic (exact) mass is 309 g/mol. The highest BCUT2D eigenvalue weighted by atomic mass is 32.2. The molecule has 0 aliphatic carbocycles. The molecule has 110 valence electrons. The third-order valence-corrected chi connectivity index (χ3v) is 3.67. The van der Waals surface area contributed by atoms with Gasteiger partial charge in [0.05, 0.1) is 11.3 Å². The Morgan fingerprint density at radius 2 is 2.05 bits per heavy atom. The Labute approximate surface area is 121 Å². The second-order valence-electron chi connectivity index (χ2n) is 4.41. The van der Waals surface area contributed by atoms with Gasteiger partial charge in [0, 0.05) is 24.2 Å². The molecule has 0 fully saturated rings. The average molecular weight is 309 g/mol. The molecule has 0 spiro atoms. The van der Waals surface area contributed by atoms with E-state index in [0.717, 1.165) is 12.5 Å². The highest BCUT2D eigenvalue weighted by Crippen LogP contribution is 2.19. The highest BCUT2D eigenvalue weighted by Gasteiger charge is 2.17. The SMILES string of the molecule is Cc1cc(C(=O)Nc2cccnc2S(C)(=O)=O)cnc1F. The molecule has 2 aromatic heterocycles. The van der Waals surface area contributed by atoms with Crippen LogP contribution < -0.4 is 5.32 Å². The van der Waals surface area contributed by atoms with Gasteiger partial charge in [-0.1, -0.05) is 0 Å². The van der Waals surface area contributed by atoms with Gasteiger partial charge in [-0.3, -0.25) is 4.79 Å². The lowest BCUT2D eigenvalue weighted by atomic mass is 10.2. The van der Waals surface area contributed by atoms with Crippen molar-refractivity contribution in [3.8, 4) is 0 Å². The number of aromatic nitrogens is 2. The normalized spacial score (nSPS) is 11.2. The average Bonchev–Trinajstić information content (AvgIpc) is 2.41. The minimum Gasteiger partial charge on any atom is -0.319 e. The molecule has 2 rings (SSSR count). The molecule has 8 heteroatoms. The van der Waals surface area contributed by atoms with Gasteiger partial charge in [0.2, 0.25) is 5.95 Å². The minimum absolute atomic E-state index is 0.0620. The molecular weight excluding hydrogens is 297 g/mol. The number of nitrogens with one attached hydrogen (secondary N) is 1. The van der Waals surface area contributed by atoms with Crippen LogP contribution in [0.3, 0.4) is 0 Å². The Bertz CT molecular complexity index is 806. The van der Waals surface area contributed by atoms with E-state index in [2.05, 4.69) is 15.3 Å². The van der Waals surface area contributed by atoms with E-state index >= 15 is 0 Å². The molecular formula is C13H12FN3O3S. The van der Waals surface area contributed by atoms with Gasteiger partial charge in [-0.15, -0.1) is 0 Å². The molecule has 0 aromatic carbocycles. The Morgan fingerprint density at radius 3 is 2.67 bits per heavy atom. The van der Waals surface area contributed by atoms with E-state index in [1.807, 2.05) is 0 Å². The summed E-state index contributed by atoms with van der Waals surface area (Å²) in [5, 5.41) is 2.21. The van der Waals surface area contributed by atoms with Crippen molar-refractivity contribution in [2.24, 2.45) is 0 Å². The van der Waals surface area contributed by atoms with Crippen molar-refractivity contribution in [3.05, 3.63) is 47.7 Å². The fourth-order valence-corrected chi connectivity index (χ4v) is 2.43. The number of hydrogen-bond acceptors (Lipinski definition) is 5. The molecule has 0 radical (unpaired) electrons. The molecule has 0 aliphatic heterocycles. The van der Waals surface area contributed by atoms with Crippen LogP contribution in [-0.2, 0) is 9.84 Å². The molecule has 1 N–H and O–H groups in total. The van der Waals surface area contributed by atoms with Gasteiger partial charge in [0.1, 0.15) is 0 Å². The van der Waals surface area contributed by atoms with Gasteiger partial charge in [-0.2, -0.15) is 4.39 Å². The number of halogens is 1. The van der Waals surface area contributed by atoms with Gasteiger partial charge < -0.3 is 5.32 Å². The smallest absolute Gasteiger partial charge is 0.257 e. The summed E-state index contributed by atoms with van der Waals surface area (Å²) >= 11 is 0.